The Morgan fingerprint density at radius 1 is 0.712 bits per heavy atom. The molecular weight excluding hydrogens is 865 g/mol. The Bertz CT molecular complexity index is 1920. The van der Waals surface area contributed by atoms with E-state index < -0.39 is 115 Å². The van der Waals surface area contributed by atoms with Crippen molar-refractivity contribution in [1.82, 2.24) is 42.5 Å². The number of hydrogen-bond donors (Lipinski definition) is 14. The van der Waals surface area contributed by atoms with E-state index in [0.29, 0.717) is 5.56 Å². The molecule has 1 aromatic carbocycles. The van der Waals surface area contributed by atoms with Gasteiger partial charge in [0.1, 0.15) is 36.3 Å². The predicted octanol–water partition coefficient (Wildman–Crippen LogP) is -6.18. The summed E-state index contributed by atoms with van der Waals surface area (Å²) >= 11 is 0. The molecule has 0 spiro atoms. The summed E-state index contributed by atoms with van der Waals surface area (Å²) in [5, 5.41) is 20.2. The van der Waals surface area contributed by atoms with Gasteiger partial charge in [-0.05, 0) is 56.9 Å². The highest BCUT2D eigenvalue weighted by Gasteiger charge is 2.33. The SMILES string of the molecule is CC(=O)N[C@@H](CCCN=C(N)N)C(=O)NC1CCCCNC(=O)CC(C(N)=O)NC(=O)CNC(=O)[C@H](CCCN=C(N)N)NC(=O)C(Cc2ccccc2)NC(=O)[C@H](CCC(N)=O)NC1=O. The monoisotopic (exact) mass is 928 g/mol. The van der Waals surface area contributed by atoms with E-state index in [9.17, 15) is 47.9 Å². The molecule has 0 bridgehead atoms. The van der Waals surface area contributed by atoms with Gasteiger partial charge in [-0.25, -0.2) is 0 Å². The molecule has 1 aromatic rings. The van der Waals surface area contributed by atoms with Crippen molar-refractivity contribution in [3.05, 3.63) is 35.9 Å². The maximum atomic E-state index is 14.2. The van der Waals surface area contributed by atoms with Gasteiger partial charge in [0.2, 0.25) is 59.1 Å². The summed E-state index contributed by atoms with van der Waals surface area (Å²) in [6.07, 6.45) is -0.737. The number of guanidine groups is 2. The average Bonchev–Trinajstić information content (AvgIpc) is 3.24. The van der Waals surface area contributed by atoms with E-state index >= 15 is 0 Å². The molecule has 0 radical (unpaired) electrons. The maximum Gasteiger partial charge on any atom is 0.243 e. The first-order chi connectivity index (χ1) is 31.2. The molecule has 0 aromatic heterocycles. The number of nitrogens with two attached hydrogens (primary N) is 6. The van der Waals surface area contributed by atoms with Crippen molar-refractivity contribution in [2.75, 3.05) is 26.2 Å². The highest BCUT2D eigenvalue weighted by atomic mass is 16.2. The minimum atomic E-state index is -1.52. The largest absolute Gasteiger partial charge is 0.370 e. The van der Waals surface area contributed by atoms with Gasteiger partial charge in [-0.1, -0.05) is 30.3 Å². The molecule has 1 saturated heterocycles. The smallest absolute Gasteiger partial charge is 0.243 e. The maximum absolute atomic E-state index is 14.2. The van der Waals surface area contributed by atoms with Gasteiger partial charge in [0.15, 0.2) is 11.9 Å². The molecule has 20 N–H and O–H groups in total. The van der Waals surface area contributed by atoms with Gasteiger partial charge in [0.05, 0.1) is 13.0 Å². The van der Waals surface area contributed by atoms with E-state index in [-0.39, 0.29) is 89.3 Å². The zero-order chi connectivity index (χ0) is 49.2. The summed E-state index contributed by atoms with van der Waals surface area (Å²) in [7, 11) is 0. The van der Waals surface area contributed by atoms with E-state index in [1.807, 2.05) is 0 Å². The van der Waals surface area contributed by atoms with Crippen molar-refractivity contribution in [2.45, 2.75) is 114 Å². The molecule has 26 nitrogen and oxygen atoms in total. The van der Waals surface area contributed by atoms with Crippen molar-refractivity contribution in [3.63, 3.8) is 0 Å². The lowest BCUT2D eigenvalue weighted by Crippen LogP contribution is -2.59. The molecule has 26 heteroatoms. The predicted molar refractivity (Wildman–Crippen MR) is 239 cm³/mol. The number of nitrogens with zero attached hydrogens (tertiary/aromatic N) is 2. The zero-order valence-corrected chi connectivity index (χ0v) is 36.9. The van der Waals surface area contributed by atoms with Crippen molar-refractivity contribution in [2.24, 2.45) is 44.4 Å². The van der Waals surface area contributed by atoms with Crippen LogP contribution < -0.4 is 76.9 Å². The number of carbonyl (C=O) groups is 10. The van der Waals surface area contributed by atoms with E-state index in [2.05, 4.69) is 52.5 Å². The van der Waals surface area contributed by atoms with Crippen LogP contribution in [0.5, 0.6) is 0 Å². The van der Waals surface area contributed by atoms with Crippen molar-refractivity contribution < 1.29 is 47.9 Å². The Balaban J connectivity index is 2.61. The summed E-state index contributed by atoms with van der Waals surface area (Å²) in [6, 6.07) is 0.190. The number of carbonyl (C=O) groups excluding carboxylic acids is 10. The highest BCUT2D eigenvalue weighted by Crippen LogP contribution is 2.10. The summed E-state index contributed by atoms with van der Waals surface area (Å²) in [4.78, 5) is 139. The van der Waals surface area contributed by atoms with E-state index in [0.717, 1.165) is 0 Å². The first-order valence-corrected chi connectivity index (χ1v) is 21.3. The fourth-order valence-corrected chi connectivity index (χ4v) is 6.48. The molecule has 66 heavy (non-hydrogen) atoms. The molecule has 1 aliphatic rings. The van der Waals surface area contributed by atoms with Gasteiger partial charge >= 0.3 is 0 Å². The zero-order valence-electron chi connectivity index (χ0n) is 36.9. The van der Waals surface area contributed by atoms with Crippen molar-refractivity contribution in [3.8, 4) is 0 Å². The standard InChI is InChI=1S/C40H64N16O10/c1-22(57)51-25(13-8-18-49-40(45)46)35(63)54-26-11-5-6-16-47-31(59)20-28(33(42)61)52-32(60)21-50-34(62)24(12-7-17-48-39(43)44)53-38(66)29(19-23-9-3-2-4-10-23)56-37(65)27(55-36(26)64)14-15-30(41)58/h2-4,9-10,24-29H,5-8,11-21H2,1H3,(H2,41,58)(H2,42,61)(H,47,59)(H,50,62)(H,51,57)(H,52,60)(H,53,66)(H,54,63)(H,55,64)(H,56,65)(H4,43,44,48)(H4,45,46,49)/t24-,25-,26?,27-,28?,29?/m0/s1. The summed E-state index contributed by atoms with van der Waals surface area (Å²) in [6.45, 7) is 0.677. The number of amides is 10. The Morgan fingerprint density at radius 3 is 1.94 bits per heavy atom. The number of aliphatic imine (C=N–C) groups is 2. The molecule has 364 valence electrons. The van der Waals surface area contributed by atoms with Crippen LogP contribution in [0.3, 0.4) is 0 Å². The fraction of sp³-hybridized carbons (Fsp3) is 0.550. The van der Waals surface area contributed by atoms with Crippen LogP contribution >= 0.6 is 0 Å². The van der Waals surface area contributed by atoms with E-state index in [1.54, 1.807) is 30.3 Å². The molecule has 3 unspecified atom stereocenters. The minimum Gasteiger partial charge on any atom is -0.370 e. The van der Waals surface area contributed by atoms with Gasteiger partial charge in [0.25, 0.3) is 0 Å². The van der Waals surface area contributed by atoms with E-state index in [1.165, 1.54) is 6.92 Å². The Hall–Kier alpha value is -7.54. The number of benzene rings is 1. The van der Waals surface area contributed by atoms with Crippen LogP contribution in [0.15, 0.2) is 40.3 Å². The van der Waals surface area contributed by atoms with Crippen LogP contribution in [0.4, 0.5) is 0 Å². The van der Waals surface area contributed by atoms with Gasteiger partial charge in [-0.15, -0.1) is 0 Å². The van der Waals surface area contributed by atoms with Crippen LogP contribution in [0, 0.1) is 0 Å². The Morgan fingerprint density at radius 2 is 1.32 bits per heavy atom. The third-order valence-electron chi connectivity index (χ3n) is 9.81. The van der Waals surface area contributed by atoms with Crippen LogP contribution in [0.1, 0.15) is 76.7 Å². The second-order valence-electron chi connectivity index (χ2n) is 15.4. The lowest BCUT2D eigenvalue weighted by Gasteiger charge is -2.27. The summed E-state index contributed by atoms with van der Waals surface area (Å²) in [5.41, 5.74) is 33.1. The molecule has 2 rings (SSSR count). The van der Waals surface area contributed by atoms with Gasteiger partial charge in [-0.3, -0.25) is 57.9 Å². The summed E-state index contributed by atoms with van der Waals surface area (Å²) < 4.78 is 0. The fourth-order valence-electron chi connectivity index (χ4n) is 6.48. The molecule has 1 aliphatic heterocycles. The molecular formula is C40H64N16O10. The number of nitrogens with one attached hydrogen (secondary N) is 8. The highest BCUT2D eigenvalue weighted by molar-refractivity contribution is 5.97. The molecule has 6 atom stereocenters. The van der Waals surface area contributed by atoms with Crippen LogP contribution in [-0.2, 0) is 54.4 Å². The lowest BCUT2D eigenvalue weighted by molar-refractivity contribution is -0.135. The summed E-state index contributed by atoms with van der Waals surface area (Å²) in [5.74, 6) is -8.70. The van der Waals surface area contributed by atoms with E-state index in [4.69, 9.17) is 34.4 Å². The third kappa shape index (κ3) is 22.2. The molecule has 0 saturated carbocycles. The van der Waals surface area contributed by atoms with Crippen molar-refractivity contribution in [1.29, 1.82) is 0 Å². The molecule has 1 fully saturated rings. The Kier molecular flexibility index (Phi) is 24.0. The normalized spacial score (nSPS) is 21.1. The van der Waals surface area contributed by atoms with Crippen molar-refractivity contribution >= 4 is 71.0 Å². The Labute approximate surface area is 381 Å². The lowest BCUT2D eigenvalue weighted by atomic mass is 10.0. The third-order valence-corrected chi connectivity index (χ3v) is 9.81. The molecule has 0 aliphatic carbocycles. The first-order valence-electron chi connectivity index (χ1n) is 21.3. The van der Waals surface area contributed by atoms with Gasteiger partial charge in [-0.2, -0.15) is 0 Å². The topological polar surface area (TPSA) is 448 Å². The molecule has 10 amide bonds. The number of hydrogen-bond acceptors (Lipinski definition) is 12. The van der Waals surface area contributed by atoms with Crippen LogP contribution in [-0.4, -0.2) is 133 Å². The first kappa shape index (κ1) is 54.6. The number of primary amides is 2. The number of rotatable bonds is 17. The van der Waals surface area contributed by atoms with Crippen LogP contribution in [0.25, 0.3) is 0 Å². The second kappa shape index (κ2) is 29.0. The quantitative estimate of drug-likeness (QED) is 0.0393. The van der Waals surface area contributed by atoms with Crippen LogP contribution in [0.2, 0.25) is 0 Å². The van der Waals surface area contributed by atoms with Gasteiger partial charge < -0.3 is 76.9 Å². The molecule has 1 heterocycles. The average molecular weight is 929 g/mol. The van der Waals surface area contributed by atoms with Gasteiger partial charge in [0, 0.05) is 39.4 Å². The minimum absolute atomic E-state index is 0.00790. The second-order valence-corrected chi connectivity index (χ2v) is 15.4.